The number of benzene rings is 1. The molecule has 0 spiro atoms. The van der Waals surface area contributed by atoms with Crippen LogP contribution in [0.25, 0.3) is 0 Å². The fourth-order valence-corrected chi connectivity index (χ4v) is 2.80. The van der Waals surface area contributed by atoms with Crippen molar-refractivity contribution in [3.8, 4) is 0 Å². The van der Waals surface area contributed by atoms with Crippen LogP contribution in [0, 0.1) is 5.82 Å². The first kappa shape index (κ1) is 15.5. The number of methoxy groups -OCH3 is 1. The zero-order valence-electron chi connectivity index (χ0n) is 10.4. The number of primary amides is 1. The van der Waals surface area contributed by atoms with Gasteiger partial charge >= 0.3 is 0 Å². The van der Waals surface area contributed by atoms with Crippen LogP contribution in [-0.2, 0) is 19.6 Å². The summed E-state index contributed by atoms with van der Waals surface area (Å²) in [5.41, 5.74) is 5.02. The molecule has 1 aromatic rings. The van der Waals surface area contributed by atoms with Gasteiger partial charge in [-0.05, 0) is 24.3 Å². The molecule has 0 aliphatic rings. The van der Waals surface area contributed by atoms with E-state index in [1.165, 1.54) is 7.11 Å². The van der Waals surface area contributed by atoms with E-state index in [9.17, 15) is 17.6 Å². The summed E-state index contributed by atoms with van der Waals surface area (Å²) in [6, 6.07) is 4.33. The summed E-state index contributed by atoms with van der Waals surface area (Å²) < 4.78 is 42.9. The first-order valence-corrected chi connectivity index (χ1v) is 6.85. The second-order valence-electron chi connectivity index (χ2n) is 3.75. The number of carbonyl (C=O) groups excluding carboxylic acids is 1. The highest BCUT2D eigenvalue weighted by Gasteiger charge is 2.25. The van der Waals surface area contributed by atoms with Crippen LogP contribution in [0.4, 0.5) is 4.39 Å². The van der Waals surface area contributed by atoms with Crippen LogP contribution < -0.4 is 5.73 Å². The number of hydrogen-bond acceptors (Lipinski definition) is 4. The molecular formula is C11H15FN2O4S. The maximum atomic E-state index is 12.8. The summed E-state index contributed by atoms with van der Waals surface area (Å²) >= 11 is 0. The van der Waals surface area contributed by atoms with Gasteiger partial charge in [0.25, 0.3) is 0 Å². The molecule has 2 N–H and O–H groups in total. The van der Waals surface area contributed by atoms with Crippen molar-refractivity contribution < 1.29 is 22.3 Å². The van der Waals surface area contributed by atoms with Gasteiger partial charge in [-0.1, -0.05) is 0 Å². The van der Waals surface area contributed by atoms with Crippen LogP contribution >= 0.6 is 0 Å². The van der Waals surface area contributed by atoms with Crippen LogP contribution in [0.3, 0.4) is 0 Å². The lowest BCUT2D eigenvalue weighted by atomic mass is 10.4. The van der Waals surface area contributed by atoms with Crippen LogP contribution in [0.2, 0.25) is 0 Å². The van der Waals surface area contributed by atoms with Gasteiger partial charge in [-0.3, -0.25) is 4.79 Å². The number of sulfonamides is 1. The van der Waals surface area contributed by atoms with Crippen molar-refractivity contribution in [3.05, 3.63) is 30.1 Å². The summed E-state index contributed by atoms with van der Waals surface area (Å²) in [6.45, 7) is -0.351. The highest BCUT2D eigenvalue weighted by atomic mass is 32.2. The number of nitrogens with zero attached hydrogens (tertiary/aromatic N) is 1. The fourth-order valence-electron chi connectivity index (χ4n) is 1.41. The van der Waals surface area contributed by atoms with E-state index < -0.39 is 28.3 Å². The van der Waals surface area contributed by atoms with Crippen LogP contribution in [0.1, 0.15) is 0 Å². The van der Waals surface area contributed by atoms with Gasteiger partial charge in [0.1, 0.15) is 5.82 Å². The smallest absolute Gasteiger partial charge is 0.243 e. The largest absolute Gasteiger partial charge is 0.383 e. The SMILES string of the molecule is COCCN(CC(N)=O)S(=O)(=O)c1ccc(F)cc1. The molecule has 0 saturated carbocycles. The molecule has 0 aliphatic carbocycles. The Bertz CT molecular complexity index is 530. The van der Waals surface area contributed by atoms with E-state index in [0.29, 0.717) is 0 Å². The fraction of sp³-hybridized carbons (Fsp3) is 0.364. The lowest BCUT2D eigenvalue weighted by Crippen LogP contribution is -2.40. The number of rotatable bonds is 7. The summed E-state index contributed by atoms with van der Waals surface area (Å²) in [5, 5.41) is 0. The van der Waals surface area contributed by atoms with Crippen molar-refractivity contribution in [1.82, 2.24) is 4.31 Å². The van der Waals surface area contributed by atoms with Crippen LogP contribution in [0.15, 0.2) is 29.2 Å². The van der Waals surface area contributed by atoms with Gasteiger partial charge < -0.3 is 10.5 Å². The Hall–Kier alpha value is -1.51. The Morgan fingerprint density at radius 2 is 1.95 bits per heavy atom. The van der Waals surface area contributed by atoms with Gasteiger partial charge in [-0.15, -0.1) is 0 Å². The van der Waals surface area contributed by atoms with Crippen molar-refractivity contribution in [3.63, 3.8) is 0 Å². The zero-order chi connectivity index (χ0) is 14.5. The predicted molar refractivity (Wildman–Crippen MR) is 66.2 cm³/mol. The van der Waals surface area contributed by atoms with E-state index in [1.807, 2.05) is 0 Å². The molecule has 19 heavy (non-hydrogen) atoms. The second kappa shape index (κ2) is 6.60. The molecule has 0 bridgehead atoms. The molecule has 0 fully saturated rings. The maximum Gasteiger partial charge on any atom is 0.243 e. The Morgan fingerprint density at radius 3 is 2.42 bits per heavy atom. The summed E-state index contributed by atoms with van der Waals surface area (Å²) in [6.07, 6.45) is 0. The van der Waals surface area contributed by atoms with Crippen molar-refractivity contribution >= 4 is 15.9 Å². The zero-order valence-corrected chi connectivity index (χ0v) is 11.2. The third-order valence-electron chi connectivity index (χ3n) is 2.33. The molecule has 0 saturated heterocycles. The summed E-state index contributed by atoms with van der Waals surface area (Å²) in [5.74, 6) is -1.32. The average molecular weight is 290 g/mol. The monoisotopic (exact) mass is 290 g/mol. The van der Waals surface area contributed by atoms with Crippen LogP contribution in [0.5, 0.6) is 0 Å². The Morgan fingerprint density at radius 1 is 1.37 bits per heavy atom. The number of nitrogens with two attached hydrogens (primary N) is 1. The number of ether oxygens (including phenoxy) is 1. The molecule has 0 radical (unpaired) electrons. The molecular weight excluding hydrogens is 275 g/mol. The number of amides is 1. The third-order valence-corrected chi connectivity index (χ3v) is 4.19. The molecule has 1 amide bonds. The number of carbonyl (C=O) groups is 1. The molecule has 6 nitrogen and oxygen atoms in total. The maximum absolute atomic E-state index is 12.8. The number of halogens is 1. The van der Waals surface area contributed by atoms with E-state index in [2.05, 4.69) is 0 Å². The lowest BCUT2D eigenvalue weighted by Gasteiger charge is -2.20. The molecule has 0 aromatic heterocycles. The normalized spacial score (nSPS) is 11.7. The summed E-state index contributed by atoms with van der Waals surface area (Å²) in [4.78, 5) is 10.8. The van der Waals surface area contributed by atoms with Crippen molar-refractivity contribution in [2.45, 2.75) is 4.90 Å². The van der Waals surface area contributed by atoms with Gasteiger partial charge in [-0.25, -0.2) is 12.8 Å². The first-order chi connectivity index (χ1) is 8.87. The Kier molecular flexibility index (Phi) is 5.40. The predicted octanol–water partition coefficient (Wildman–Crippen LogP) is -0.0519. The highest BCUT2D eigenvalue weighted by Crippen LogP contribution is 2.15. The Labute approximate surface area is 111 Å². The minimum absolute atomic E-state index is 0.0147. The first-order valence-electron chi connectivity index (χ1n) is 5.41. The molecule has 0 aliphatic heterocycles. The standard InChI is InChI=1S/C11H15FN2O4S/c1-18-7-6-14(8-11(13)15)19(16,17)10-4-2-9(12)3-5-10/h2-5H,6-8H2,1H3,(H2,13,15). The van der Waals surface area contributed by atoms with E-state index >= 15 is 0 Å². The van der Waals surface area contributed by atoms with Gasteiger partial charge in [0.15, 0.2) is 0 Å². The van der Waals surface area contributed by atoms with Crippen molar-refractivity contribution in [2.75, 3.05) is 26.8 Å². The van der Waals surface area contributed by atoms with Gasteiger partial charge in [-0.2, -0.15) is 4.31 Å². The van der Waals surface area contributed by atoms with E-state index in [1.54, 1.807) is 0 Å². The van der Waals surface area contributed by atoms with Crippen molar-refractivity contribution in [2.24, 2.45) is 5.73 Å². The second-order valence-corrected chi connectivity index (χ2v) is 5.69. The lowest BCUT2D eigenvalue weighted by molar-refractivity contribution is -0.118. The Balaban J connectivity index is 3.03. The quantitative estimate of drug-likeness (QED) is 0.762. The van der Waals surface area contributed by atoms with Crippen LogP contribution in [-0.4, -0.2) is 45.4 Å². The molecule has 1 aromatic carbocycles. The molecule has 0 unspecified atom stereocenters. The summed E-state index contributed by atoms with van der Waals surface area (Å²) in [7, 11) is -2.49. The van der Waals surface area contributed by atoms with E-state index in [4.69, 9.17) is 10.5 Å². The van der Waals surface area contributed by atoms with Crippen molar-refractivity contribution in [1.29, 1.82) is 0 Å². The van der Waals surface area contributed by atoms with E-state index in [-0.39, 0.29) is 18.0 Å². The average Bonchev–Trinajstić information content (AvgIpc) is 2.34. The number of hydrogen-bond donors (Lipinski definition) is 1. The third kappa shape index (κ3) is 4.27. The van der Waals surface area contributed by atoms with Gasteiger partial charge in [0.05, 0.1) is 18.0 Å². The van der Waals surface area contributed by atoms with E-state index in [0.717, 1.165) is 28.6 Å². The minimum Gasteiger partial charge on any atom is -0.383 e. The van der Waals surface area contributed by atoms with Gasteiger partial charge in [0.2, 0.25) is 15.9 Å². The molecule has 1 rings (SSSR count). The topological polar surface area (TPSA) is 89.7 Å². The highest BCUT2D eigenvalue weighted by molar-refractivity contribution is 7.89. The minimum atomic E-state index is -3.90. The molecule has 0 heterocycles. The molecule has 8 heteroatoms. The van der Waals surface area contributed by atoms with Gasteiger partial charge in [0, 0.05) is 13.7 Å². The molecule has 106 valence electrons. The molecule has 0 atom stereocenters.